The van der Waals surface area contributed by atoms with Gasteiger partial charge in [0, 0.05) is 65.3 Å². The molecule has 0 saturated carbocycles. The van der Waals surface area contributed by atoms with Gasteiger partial charge in [-0.05, 0) is 36.6 Å². The molecule has 0 unspecified atom stereocenters. The number of carbonyl (C=O) groups is 1. The van der Waals surface area contributed by atoms with Gasteiger partial charge in [-0.15, -0.1) is 0 Å². The van der Waals surface area contributed by atoms with E-state index in [1.807, 2.05) is 20.8 Å². The summed E-state index contributed by atoms with van der Waals surface area (Å²) in [6.45, 7) is 38.7. The highest BCUT2D eigenvalue weighted by molar-refractivity contribution is 5.80. The predicted molar refractivity (Wildman–Crippen MR) is 179 cm³/mol. The number of alkyl halides is 1. The second kappa shape index (κ2) is 21.0. The van der Waals surface area contributed by atoms with Crippen molar-refractivity contribution in [2.45, 2.75) is 102 Å². The van der Waals surface area contributed by atoms with E-state index in [-0.39, 0.29) is 11.3 Å². The van der Waals surface area contributed by atoms with E-state index in [0.717, 1.165) is 65.1 Å². The number of morpholine rings is 2. The Balaban J connectivity index is 0. The molecule has 3 aliphatic heterocycles. The minimum Gasteiger partial charge on any atom is -0.379 e. The number of nitrogens with zero attached hydrogens (tertiary/aromatic N) is 3. The molecule has 0 atom stereocenters. The lowest BCUT2D eigenvalue weighted by molar-refractivity contribution is -0.136. The van der Waals surface area contributed by atoms with Crippen LogP contribution in [0, 0.1) is 22.2 Å². The molecular formula is C34H73FN4O3. The van der Waals surface area contributed by atoms with Gasteiger partial charge in [-0.1, -0.05) is 83.1 Å². The summed E-state index contributed by atoms with van der Waals surface area (Å²) >= 11 is 0. The Bertz CT molecular complexity index is 647. The molecule has 1 N–H and O–H groups in total. The maximum Gasteiger partial charge on any atom is 0.227 e. The number of carbonyl (C=O) groups excluding carboxylic acids is 1. The molecule has 3 rings (SSSR count). The van der Waals surface area contributed by atoms with Gasteiger partial charge in [0.25, 0.3) is 0 Å². The Hall–Kier alpha value is -0.800. The van der Waals surface area contributed by atoms with Crippen LogP contribution in [0.2, 0.25) is 0 Å². The molecule has 3 fully saturated rings. The third kappa shape index (κ3) is 29.3. The summed E-state index contributed by atoms with van der Waals surface area (Å²) in [6, 6.07) is 0. The average molecular weight is 605 g/mol. The molecule has 42 heavy (non-hydrogen) atoms. The quantitative estimate of drug-likeness (QED) is 0.413. The molecule has 0 radical (unpaired) electrons. The molecule has 254 valence electrons. The van der Waals surface area contributed by atoms with Crippen molar-refractivity contribution in [2.24, 2.45) is 22.2 Å². The normalized spacial score (nSPS) is 19.3. The summed E-state index contributed by atoms with van der Waals surface area (Å²) in [5.41, 5.74) is -0.371. The van der Waals surface area contributed by atoms with Crippen LogP contribution in [-0.4, -0.2) is 119 Å². The molecule has 3 aliphatic rings. The van der Waals surface area contributed by atoms with Gasteiger partial charge in [0.1, 0.15) is 5.67 Å². The van der Waals surface area contributed by atoms with Crippen molar-refractivity contribution in [1.82, 2.24) is 20.0 Å². The van der Waals surface area contributed by atoms with Gasteiger partial charge in [0.05, 0.1) is 26.4 Å². The molecule has 8 heteroatoms. The lowest BCUT2D eigenvalue weighted by Gasteiger charge is -2.45. The molecule has 0 aromatic rings. The first-order chi connectivity index (χ1) is 18.9. The standard InChI is InChI=1S/C10H21NO.C9H18FN.C7H15NO.C4H9NO.C4H10/c1-10(2,3)4-5-11-6-8-12-9-7-11;1-8(2,3)5-11-6-9(4,10)7-11;1-7(2,3)6(9)8(4)5;1-3-6-4-2-5-1;1-4(2)3/h4-9H2,1-3H3;5-7H2,1-4H3;1-5H3;5H,1-4H2;4H,1-3H3. The Morgan fingerprint density at radius 3 is 1.50 bits per heavy atom. The van der Waals surface area contributed by atoms with Crippen LogP contribution < -0.4 is 5.32 Å². The molecule has 0 aromatic carbocycles. The van der Waals surface area contributed by atoms with Crippen molar-refractivity contribution >= 4 is 5.91 Å². The first kappa shape index (κ1) is 43.3. The molecule has 0 bridgehead atoms. The summed E-state index contributed by atoms with van der Waals surface area (Å²) < 4.78 is 23.3. The third-order valence-electron chi connectivity index (χ3n) is 5.98. The minimum atomic E-state index is -0.911. The number of likely N-dealkylation sites (tertiary alicyclic amines) is 1. The molecule has 0 aromatic heterocycles. The Morgan fingerprint density at radius 1 is 0.833 bits per heavy atom. The van der Waals surface area contributed by atoms with Crippen LogP contribution in [0.25, 0.3) is 0 Å². The maximum absolute atomic E-state index is 13.0. The van der Waals surface area contributed by atoms with Crippen molar-refractivity contribution in [3.63, 3.8) is 0 Å². The van der Waals surface area contributed by atoms with Crippen molar-refractivity contribution in [3.05, 3.63) is 0 Å². The number of ether oxygens (including phenoxy) is 2. The molecule has 0 spiro atoms. The van der Waals surface area contributed by atoms with Gasteiger partial charge in [-0.2, -0.15) is 0 Å². The third-order valence-corrected chi connectivity index (χ3v) is 5.98. The lowest BCUT2D eigenvalue weighted by Crippen LogP contribution is -2.58. The highest BCUT2D eigenvalue weighted by atomic mass is 19.1. The zero-order valence-corrected chi connectivity index (χ0v) is 30.7. The number of amides is 1. The van der Waals surface area contributed by atoms with Crippen LogP contribution in [0.5, 0.6) is 0 Å². The van der Waals surface area contributed by atoms with Crippen LogP contribution in [0.4, 0.5) is 4.39 Å². The number of hydrogen-bond acceptors (Lipinski definition) is 6. The Morgan fingerprint density at radius 2 is 1.26 bits per heavy atom. The Kier molecular flexibility index (Phi) is 21.7. The van der Waals surface area contributed by atoms with Crippen LogP contribution in [-0.2, 0) is 14.3 Å². The summed E-state index contributed by atoms with van der Waals surface area (Å²) in [5.74, 6) is 1.00. The largest absolute Gasteiger partial charge is 0.379 e. The first-order valence-electron chi connectivity index (χ1n) is 16.2. The molecule has 3 saturated heterocycles. The Labute approximate surface area is 261 Å². The molecule has 3 heterocycles. The number of hydrogen-bond donors (Lipinski definition) is 1. The molecular weight excluding hydrogens is 531 g/mol. The van der Waals surface area contributed by atoms with Gasteiger partial charge in [0.15, 0.2) is 0 Å². The fraction of sp³-hybridized carbons (Fsp3) is 0.971. The van der Waals surface area contributed by atoms with Crippen LogP contribution in [0.15, 0.2) is 0 Å². The smallest absolute Gasteiger partial charge is 0.227 e. The highest BCUT2D eigenvalue weighted by Crippen LogP contribution is 2.28. The van der Waals surface area contributed by atoms with Crippen molar-refractivity contribution in [1.29, 1.82) is 0 Å². The van der Waals surface area contributed by atoms with E-state index in [0.29, 0.717) is 23.9 Å². The van der Waals surface area contributed by atoms with E-state index in [2.05, 4.69) is 77.4 Å². The first-order valence-corrected chi connectivity index (χ1v) is 16.2. The van der Waals surface area contributed by atoms with E-state index < -0.39 is 5.67 Å². The van der Waals surface area contributed by atoms with Crippen molar-refractivity contribution in [2.75, 3.05) is 92.9 Å². The highest BCUT2D eigenvalue weighted by Gasteiger charge is 2.39. The van der Waals surface area contributed by atoms with Crippen LogP contribution in [0.3, 0.4) is 0 Å². The van der Waals surface area contributed by atoms with Crippen molar-refractivity contribution in [3.8, 4) is 0 Å². The number of nitrogens with one attached hydrogen (secondary N) is 1. The molecule has 1 amide bonds. The summed E-state index contributed by atoms with van der Waals surface area (Å²) in [4.78, 5) is 17.4. The number of rotatable bonds is 3. The zero-order chi connectivity index (χ0) is 33.2. The van der Waals surface area contributed by atoms with E-state index in [1.54, 1.807) is 25.9 Å². The summed E-state index contributed by atoms with van der Waals surface area (Å²) in [6.07, 6.45) is 1.28. The molecule has 7 nitrogen and oxygen atoms in total. The second-order valence-electron chi connectivity index (χ2n) is 16.4. The van der Waals surface area contributed by atoms with E-state index in [1.165, 1.54) is 13.0 Å². The van der Waals surface area contributed by atoms with Gasteiger partial charge in [-0.3, -0.25) is 14.6 Å². The van der Waals surface area contributed by atoms with E-state index >= 15 is 0 Å². The minimum absolute atomic E-state index is 0.169. The predicted octanol–water partition coefficient (Wildman–Crippen LogP) is 6.22. The second-order valence-corrected chi connectivity index (χ2v) is 16.4. The zero-order valence-electron chi connectivity index (χ0n) is 30.7. The van der Waals surface area contributed by atoms with Gasteiger partial charge < -0.3 is 19.7 Å². The van der Waals surface area contributed by atoms with Crippen molar-refractivity contribution < 1.29 is 18.7 Å². The number of halogens is 1. The van der Waals surface area contributed by atoms with Gasteiger partial charge in [-0.25, -0.2) is 4.39 Å². The average Bonchev–Trinajstić information content (AvgIpc) is 2.82. The maximum atomic E-state index is 13.0. The van der Waals surface area contributed by atoms with Gasteiger partial charge in [0.2, 0.25) is 5.91 Å². The van der Waals surface area contributed by atoms with Crippen LogP contribution in [0.1, 0.15) is 96.4 Å². The van der Waals surface area contributed by atoms with E-state index in [4.69, 9.17) is 9.47 Å². The lowest BCUT2D eigenvalue weighted by atomic mass is 9.91. The van der Waals surface area contributed by atoms with Crippen LogP contribution >= 0.6 is 0 Å². The monoisotopic (exact) mass is 605 g/mol. The summed E-state index contributed by atoms with van der Waals surface area (Å²) in [7, 11) is 3.54. The van der Waals surface area contributed by atoms with E-state index in [9.17, 15) is 9.18 Å². The summed E-state index contributed by atoms with van der Waals surface area (Å²) in [5, 5.41) is 3.16. The SMILES string of the molecule is C1COCCN1.CC(C)(C)CCN1CCOCC1.CC(C)(C)CN1CC(C)(F)C1.CC(C)C.CN(C)C(=O)C(C)(C)C. The fourth-order valence-electron chi connectivity index (χ4n) is 4.17. The van der Waals surface area contributed by atoms with Gasteiger partial charge >= 0.3 is 0 Å². The molecule has 0 aliphatic carbocycles. The fourth-order valence-corrected chi connectivity index (χ4v) is 4.17. The topological polar surface area (TPSA) is 57.3 Å².